The lowest BCUT2D eigenvalue weighted by Gasteiger charge is -2.44. The van der Waals surface area contributed by atoms with Gasteiger partial charge in [0.05, 0.1) is 7.11 Å². The third-order valence-electron chi connectivity index (χ3n) is 4.41. The molecule has 0 spiro atoms. The molecule has 3 nitrogen and oxygen atoms in total. The summed E-state index contributed by atoms with van der Waals surface area (Å²) in [5.74, 6) is 0.915. The Morgan fingerprint density at radius 1 is 1.32 bits per heavy atom. The predicted molar refractivity (Wildman–Crippen MR) is 79.4 cm³/mol. The Kier molecular flexibility index (Phi) is 4.83. The summed E-state index contributed by atoms with van der Waals surface area (Å²) in [4.78, 5) is 2.59. The van der Waals surface area contributed by atoms with Crippen LogP contribution in [0.15, 0.2) is 24.3 Å². The van der Waals surface area contributed by atoms with Crippen molar-refractivity contribution in [2.75, 3.05) is 13.7 Å². The van der Waals surface area contributed by atoms with Gasteiger partial charge in [0.2, 0.25) is 0 Å². The highest BCUT2D eigenvalue weighted by Gasteiger charge is 2.31. The summed E-state index contributed by atoms with van der Waals surface area (Å²) in [6.07, 6.45) is 3.80. The minimum Gasteiger partial charge on any atom is -0.497 e. The summed E-state index contributed by atoms with van der Waals surface area (Å²) in [5, 5.41) is 0. The van der Waals surface area contributed by atoms with E-state index in [0.29, 0.717) is 18.1 Å². The monoisotopic (exact) mass is 262 g/mol. The van der Waals surface area contributed by atoms with Crippen LogP contribution in [0.4, 0.5) is 0 Å². The molecule has 0 radical (unpaired) electrons. The molecule has 19 heavy (non-hydrogen) atoms. The smallest absolute Gasteiger partial charge is 0.118 e. The zero-order valence-electron chi connectivity index (χ0n) is 12.3. The number of likely N-dealkylation sites (tertiary alicyclic amines) is 1. The van der Waals surface area contributed by atoms with Crippen LogP contribution in [0.2, 0.25) is 0 Å². The Morgan fingerprint density at radius 3 is 2.58 bits per heavy atom. The summed E-state index contributed by atoms with van der Waals surface area (Å²) < 4.78 is 5.22. The lowest BCUT2D eigenvalue weighted by molar-refractivity contribution is 0.0570. The number of methoxy groups -OCH3 is 1. The molecule has 3 unspecified atom stereocenters. The first kappa shape index (κ1) is 14.4. The highest BCUT2D eigenvalue weighted by atomic mass is 16.5. The molecule has 0 bridgehead atoms. The Balaban J connectivity index is 2.17. The van der Waals surface area contributed by atoms with Crippen LogP contribution in [-0.4, -0.2) is 30.6 Å². The van der Waals surface area contributed by atoms with Crippen molar-refractivity contribution in [3.05, 3.63) is 29.8 Å². The number of ether oxygens (including phenoxy) is 1. The molecule has 2 rings (SSSR count). The Labute approximate surface area is 116 Å². The first-order valence-electron chi connectivity index (χ1n) is 7.28. The second-order valence-corrected chi connectivity index (χ2v) is 5.57. The molecular formula is C16H26N2O. The summed E-state index contributed by atoms with van der Waals surface area (Å²) in [5.41, 5.74) is 7.30. The van der Waals surface area contributed by atoms with E-state index in [9.17, 15) is 0 Å². The van der Waals surface area contributed by atoms with Gasteiger partial charge >= 0.3 is 0 Å². The van der Waals surface area contributed by atoms with E-state index in [1.807, 2.05) is 12.1 Å². The minimum atomic E-state index is 0.412. The van der Waals surface area contributed by atoms with Crippen molar-refractivity contribution in [2.24, 2.45) is 5.73 Å². The molecule has 2 N–H and O–H groups in total. The average molecular weight is 262 g/mol. The average Bonchev–Trinajstić information content (AvgIpc) is 2.46. The van der Waals surface area contributed by atoms with Gasteiger partial charge in [-0.3, -0.25) is 4.90 Å². The van der Waals surface area contributed by atoms with E-state index in [4.69, 9.17) is 10.5 Å². The maximum Gasteiger partial charge on any atom is 0.118 e. The number of benzene rings is 1. The Morgan fingerprint density at radius 2 is 2.00 bits per heavy atom. The molecule has 0 saturated carbocycles. The van der Waals surface area contributed by atoms with Gasteiger partial charge in [-0.05, 0) is 44.4 Å². The first-order valence-corrected chi connectivity index (χ1v) is 7.28. The lowest BCUT2D eigenvalue weighted by atomic mass is 9.92. The number of piperidine rings is 1. The number of rotatable bonds is 4. The largest absolute Gasteiger partial charge is 0.497 e. The van der Waals surface area contributed by atoms with Crippen LogP contribution in [0.5, 0.6) is 5.75 Å². The van der Waals surface area contributed by atoms with E-state index >= 15 is 0 Å². The van der Waals surface area contributed by atoms with Crippen LogP contribution >= 0.6 is 0 Å². The third kappa shape index (κ3) is 3.10. The fourth-order valence-corrected chi connectivity index (χ4v) is 3.30. The van der Waals surface area contributed by atoms with Crippen molar-refractivity contribution in [3.8, 4) is 5.75 Å². The second kappa shape index (κ2) is 6.40. The lowest BCUT2D eigenvalue weighted by Crippen LogP contribution is -2.49. The Hall–Kier alpha value is -1.06. The fourth-order valence-electron chi connectivity index (χ4n) is 3.30. The number of nitrogens with zero attached hydrogens (tertiary/aromatic N) is 1. The molecular weight excluding hydrogens is 236 g/mol. The van der Waals surface area contributed by atoms with Crippen LogP contribution in [0.1, 0.15) is 44.7 Å². The van der Waals surface area contributed by atoms with Crippen molar-refractivity contribution >= 4 is 0 Å². The molecule has 1 aliphatic heterocycles. The van der Waals surface area contributed by atoms with Gasteiger partial charge in [-0.2, -0.15) is 0 Å². The quantitative estimate of drug-likeness (QED) is 0.906. The van der Waals surface area contributed by atoms with Gasteiger partial charge in [0.15, 0.2) is 0 Å². The molecule has 0 aromatic heterocycles. The molecule has 1 saturated heterocycles. The van der Waals surface area contributed by atoms with Crippen LogP contribution in [-0.2, 0) is 0 Å². The van der Waals surface area contributed by atoms with Gasteiger partial charge in [-0.1, -0.05) is 18.6 Å². The molecule has 1 heterocycles. The van der Waals surface area contributed by atoms with Crippen LogP contribution in [0.25, 0.3) is 0 Å². The van der Waals surface area contributed by atoms with Gasteiger partial charge in [-0.15, -0.1) is 0 Å². The molecule has 106 valence electrons. The van der Waals surface area contributed by atoms with E-state index < -0.39 is 0 Å². The van der Waals surface area contributed by atoms with Crippen molar-refractivity contribution in [1.82, 2.24) is 4.90 Å². The topological polar surface area (TPSA) is 38.5 Å². The highest BCUT2D eigenvalue weighted by Crippen LogP contribution is 2.32. The molecule has 1 fully saturated rings. The van der Waals surface area contributed by atoms with Gasteiger partial charge in [0.25, 0.3) is 0 Å². The number of nitrogens with two attached hydrogens (primary N) is 1. The van der Waals surface area contributed by atoms with Crippen LogP contribution in [0.3, 0.4) is 0 Å². The molecule has 0 aliphatic carbocycles. The van der Waals surface area contributed by atoms with E-state index in [2.05, 4.69) is 30.9 Å². The molecule has 1 aromatic carbocycles. The standard InChI is InChI=1S/C16H26N2O/c1-12-5-4-6-15(11-17)18(12)13(2)14-7-9-16(19-3)10-8-14/h7-10,12-13,15H,4-6,11,17H2,1-3H3. The maximum absolute atomic E-state index is 5.96. The first-order chi connectivity index (χ1) is 9.17. The Bertz CT molecular complexity index is 390. The fraction of sp³-hybridized carbons (Fsp3) is 0.625. The van der Waals surface area contributed by atoms with E-state index in [0.717, 1.165) is 12.3 Å². The maximum atomic E-state index is 5.96. The van der Waals surface area contributed by atoms with Gasteiger partial charge in [-0.25, -0.2) is 0 Å². The normalized spacial score (nSPS) is 26.1. The minimum absolute atomic E-state index is 0.412. The third-order valence-corrected chi connectivity index (χ3v) is 4.41. The van der Waals surface area contributed by atoms with Gasteiger partial charge < -0.3 is 10.5 Å². The zero-order chi connectivity index (χ0) is 13.8. The molecule has 3 heteroatoms. The van der Waals surface area contributed by atoms with Crippen LogP contribution in [0, 0.1) is 0 Å². The number of hydrogen-bond donors (Lipinski definition) is 1. The molecule has 1 aromatic rings. The van der Waals surface area contributed by atoms with E-state index in [-0.39, 0.29) is 0 Å². The van der Waals surface area contributed by atoms with Crippen LogP contribution < -0.4 is 10.5 Å². The molecule has 0 amide bonds. The highest BCUT2D eigenvalue weighted by molar-refractivity contribution is 5.29. The van der Waals surface area contributed by atoms with Crippen molar-refractivity contribution in [3.63, 3.8) is 0 Å². The van der Waals surface area contributed by atoms with Gasteiger partial charge in [0, 0.05) is 24.7 Å². The molecule has 3 atom stereocenters. The second-order valence-electron chi connectivity index (χ2n) is 5.57. The van der Waals surface area contributed by atoms with Crippen molar-refractivity contribution < 1.29 is 4.74 Å². The van der Waals surface area contributed by atoms with Crippen molar-refractivity contribution in [2.45, 2.75) is 51.2 Å². The summed E-state index contributed by atoms with van der Waals surface area (Å²) >= 11 is 0. The zero-order valence-corrected chi connectivity index (χ0v) is 12.3. The summed E-state index contributed by atoms with van der Waals surface area (Å²) in [6.45, 7) is 5.36. The summed E-state index contributed by atoms with van der Waals surface area (Å²) in [7, 11) is 1.70. The summed E-state index contributed by atoms with van der Waals surface area (Å²) in [6, 6.07) is 9.95. The van der Waals surface area contributed by atoms with Gasteiger partial charge in [0.1, 0.15) is 5.75 Å². The molecule has 1 aliphatic rings. The van der Waals surface area contributed by atoms with E-state index in [1.165, 1.54) is 24.8 Å². The SMILES string of the molecule is COc1ccc(C(C)N2C(C)CCCC2CN)cc1. The number of hydrogen-bond acceptors (Lipinski definition) is 3. The van der Waals surface area contributed by atoms with Crippen molar-refractivity contribution in [1.29, 1.82) is 0 Å². The predicted octanol–water partition coefficient (Wildman–Crippen LogP) is 2.96. The van der Waals surface area contributed by atoms with E-state index in [1.54, 1.807) is 7.11 Å².